The first-order chi connectivity index (χ1) is 7.94. The number of aliphatic hydroxyl groups is 1. The Morgan fingerprint density at radius 3 is 2.59 bits per heavy atom. The van der Waals surface area contributed by atoms with Crippen LogP contribution in [0.5, 0.6) is 0 Å². The van der Waals surface area contributed by atoms with Crippen molar-refractivity contribution >= 4 is 23.2 Å². The number of hydrogen-bond acceptors (Lipinski definition) is 1. The molecule has 0 saturated heterocycles. The third-order valence-electron chi connectivity index (χ3n) is 4.10. The summed E-state index contributed by atoms with van der Waals surface area (Å²) in [5.41, 5.74) is -0.0288. The van der Waals surface area contributed by atoms with Gasteiger partial charge in [0.2, 0.25) is 0 Å². The minimum absolute atomic E-state index is 0.499. The van der Waals surface area contributed by atoms with E-state index >= 15 is 0 Å². The summed E-state index contributed by atoms with van der Waals surface area (Å²) >= 11 is 12.2. The van der Waals surface area contributed by atoms with Crippen LogP contribution in [0.1, 0.15) is 38.7 Å². The van der Waals surface area contributed by atoms with Gasteiger partial charge in [-0.2, -0.15) is 0 Å². The summed E-state index contributed by atoms with van der Waals surface area (Å²) in [5.74, 6) is 1.16. The molecule has 1 saturated carbocycles. The average Bonchev–Trinajstić information content (AvgIpc) is 2.28. The van der Waals surface area contributed by atoms with Gasteiger partial charge in [0.1, 0.15) is 0 Å². The minimum atomic E-state index is -0.812. The van der Waals surface area contributed by atoms with Crippen molar-refractivity contribution in [3.05, 3.63) is 33.8 Å². The standard InChI is InChI=1S/C14H18Cl2O/c1-9-6-7-14(17,8-10(9)2)11-4-3-5-12(15)13(11)16/h3-5,9-10,17H,6-8H2,1-2H3. The first kappa shape index (κ1) is 13.2. The van der Waals surface area contributed by atoms with Gasteiger partial charge < -0.3 is 5.11 Å². The van der Waals surface area contributed by atoms with E-state index in [2.05, 4.69) is 13.8 Å². The zero-order chi connectivity index (χ0) is 12.6. The van der Waals surface area contributed by atoms with Gasteiger partial charge in [-0.15, -0.1) is 0 Å². The Labute approximate surface area is 113 Å². The molecule has 0 amide bonds. The molecule has 0 spiro atoms. The summed E-state index contributed by atoms with van der Waals surface area (Å²) in [6.07, 6.45) is 2.55. The molecule has 0 aromatic heterocycles. The molecule has 1 nitrogen and oxygen atoms in total. The summed E-state index contributed by atoms with van der Waals surface area (Å²) in [6.45, 7) is 4.43. The molecule has 1 N–H and O–H groups in total. The molecule has 0 radical (unpaired) electrons. The van der Waals surface area contributed by atoms with Crippen molar-refractivity contribution in [3.8, 4) is 0 Å². The van der Waals surface area contributed by atoms with Crippen molar-refractivity contribution in [2.24, 2.45) is 11.8 Å². The predicted octanol–water partition coefficient (Wildman–Crippen LogP) is 4.64. The van der Waals surface area contributed by atoms with Crippen LogP contribution in [-0.4, -0.2) is 5.11 Å². The average molecular weight is 273 g/mol. The van der Waals surface area contributed by atoms with Gasteiger partial charge in [0, 0.05) is 5.56 Å². The largest absolute Gasteiger partial charge is 0.385 e. The molecule has 3 heteroatoms. The summed E-state index contributed by atoms with van der Waals surface area (Å²) in [4.78, 5) is 0. The molecule has 17 heavy (non-hydrogen) atoms. The molecular formula is C14H18Cl2O. The van der Waals surface area contributed by atoms with Crippen molar-refractivity contribution in [1.29, 1.82) is 0 Å². The second-order valence-corrected chi connectivity index (χ2v) is 6.12. The minimum Gasteiger partial charge on any atom is -0.385 e. The van der Waals surface area contributed by atoms with Crippen molar-refractivity contribution in [2.45, 2.75) is 38.7 Å². The highest BCUT2D eigenvalue weighted by Gasteiger charge is 2.38. The smallest absolute Gasteiger partial charge is 0.0914 e. The lowest BCUT2D eigenvalue weighted by molar-refractivity contribution is -0.0335. The number of benzene rings is 1. The van der Waals surface area contributed by atoms with E-state index in [1.54, 1.807) is 6.07 Å². The third-order valence-corrected chi connectivity index (χ3v) is 4.92. The van der Waals surface area contributed by atoms with E-state index < -0.39 is 5.60 Å². The fourth-order valence-corrected chi connectivity index (χ4v) is 3.17. The van der Waals surface area contributed by atoms with Gasteiger partial charge in [-0.05, 0) is 37.2 Å². The molecule has 1 aromatic rings. The van der Waals surface area contributed by atoms with Crippen molar-refractivity contribution < 1.29 is 5.11 Å². The van der Waals surface area contributed by atoms with E-state index in [1.165, 1.54) is 0 Å². The van der Waals surface area contributed by atoms with Crippen LogP contribution in [0.15, 0.2) is 18.2 Å². The molecule has 1 aliphatic carbocycles. The van der Waals surface area contributed by atoms with E-state index in [0.29, 0.717) is 21.9 Å². The normalized spacial score (nSPS) is 33.7. The Balaban J connectivity index is 2.35. The Kier molecular flexibility index (Phi) is 3.72. The zero-order valence-corrected chi connectivity index (χ0v) is 11.7. The van der Waals surface area contributed by atoms with E-state index in [4.69, 9.17) is 23.2 Å². The van der Waals surface area contributed by atoms with Gasteiger partial charge in [-0.3, -0.25) is 0 Å². The van der Waals surface area contributed by atoms with Gasteiger partial charge >= 0.3 is 0 Å². The third kappa shape index (κ3) is 2.47. The van der Waals surface area contributed by atoms with Crippen molar-refractivity contribution in [3.63, 3.8) is 0 Å². The SMILES string of the molecule is CC1CCC(O)(c2cccc(Cl)c2Cl)CC1C. The van der Waals surface area contributed by atoms with E-state index in [9.17, 15) is 5.11 Å². The lowest BCUT2D eigenvalue weighted by Crippen LogP contribution is -2.35. The lowest BCUT2D eigenvalue weighted by atomic mass is 9.70. The van der Waals surface area contributed by atoms with Crippen LogP contribution in [0.25, 0.3) is 0 Å². The number of rotatable bonds is 1. The maximum absolute atomic E-state index is 10.8. The van der Waals surface area contributed by atoms with Gasteiger partial charge in [0.05, 0.1) is 15.6 Å². The Morgan fingerprint density at radius 1 is 1.24 bits per heavy atom. The van der Waals surface area contributed by atoms with Crippen LogP contribution in [0.2, 0.25) is 10.0 Å². The van der Waals surface area contributed by atoms with Crippen molar-refractivity contribution in [2.75, 3.05) is 0 Å². The van der Waals surface area contributed by atoms with Gasteiger partial charge in [-0.1, -0.05) is 49.2 Å². The number of hydrogen-bond donors (Lipinski definition) is 1. The Hall–Kier alpha value is -0.240. The van der Waals surface area contributed by atoms with Crippen LogP contribution >= 0.6 is 23.2 Å². The maximum Gasteiger partial charge on any atom is 0.0914 e. The Bertz CT molecular complexity index is 419. The summed E-state index contributed by atoms with van der Waals surface area (Å²) in [5, 5.41) is 11.8. The highest BCUT2D eigenvalue weighted by molar-refractivity contribution is 6.42. The molecule has 1 aromatic carbocycles. The highest BCUT2D eigenvalue weighted by atomic mass is 35.5. The molecule has 3 atom stereocenters. The van der Waals surface area contributed by atoms with Crippen molar-refractivity contribution in [1.82, 2.24) is 0 Å². The van der Waals surface area contributed by atoms with Crippen LogP contribution < -0.4 is 0 Å². The van der Waals surface area contributed by atoms with E-state index in [1.807, 2.05) is 12.1 Å². The van der Waals surface area contributed by atoms with Gasteiger partial charge in [0.15, 0.2) is 0 Å². The summed E-state index contributed by atoms with van der Waals surface area (Å²) in [6, 6.07) is 5.49. The second-order valence-electron chi connectivity index (χ2n) is 5.33. The highest BCUT2D eigenvalue weighted by Crippen LogP contribution is 2.45. The molecule has 1 fully saturated rings. The molecule has 2 rings (SSSR count). The fraction of sp³-hybridized carbons (Fsp3) is 0.571. The first-order valence-electron chi connectivity index (χ1n) is 6.11. The van der Waals surface area contributed by atoms with E-state index in [-0.39, 0.29) is 0 Å². The molecule has 1 aliphatic rings. The summed E-state index contributed by atoms with van der Waals surface area (Å²) in [7, 11) is 0. The molecule has 0 aliphatic heterocycles. The van der Waals surface area contributed by atoms with Crippen LogP contribution in [-0.2, 0) is 5.60 Å². The molecule has 94 valence electrons. The molecule has 0 bridgehead atoms. The Morgan fingerprint density at radius 2 is 1.94 bits per heavy atom. The molecule has 0 heterocycles. The quantitative estimate of drug-likeness (QED) is 0.790. The van der Waals surface area contributed by atoms with Crippen LogP contribution in [0.4, 0.5) is 0 Å². The monoisotopic (exact) mass is 272 g/mol. The molecule has 3 unspecified atom stereocenters. The summed E-state index contributed by atoms with van der Waals surface area (Å²) < 4.78 is 0. The van der Waals surface area contributed by atoms with Gasteiger partial charge in [0.25, 0.3) is 0 Å². The second kappa shape index (κ2) is 4.79. The first-order valence-corrected chi connectivity index (χ1v) is 6.86. The fourth-order valence-electron chi connectivity index (χ4n) is 2.69. The lowest BCUT2D eigenvalue weighted by Gasteiger charge is -2.40. The van der Waals surface area contributed by atoms with E-state index in [0.717, 1.165) is 24.8 Å². The number of halogens is 2. The predicted molar refractivity (Wildman–Crippen MR) is 72.5 cm³/mol. The van der Waals surface area contributed by atoms with Gasteiger partial charge in [-0.25, -0.2) is 0 Å². The topological polar surface area (TPSA) is 20.2 Å². The van der Waals surface area contributed by atoms with Crippen LogP contribution in [0.3, 0.4) is 0 Å². The van der Waals surface area contributed by atoms with Crippen LogP contribution in [0, 0.1) is 11.8 Å². The maximum atomic E-state index is 10.8. The molecular weight excluding hydrogens is 255 g/mol. The zero-order valence-electron chi connectivity index (χ0n) is 10.2.